The molecule has 3 aromatic carbocycles. The molecule has 0 spiro atoms. The average molecular weight is 560 g/mol. The topological polar surface area (TPSA) is 86.8 Å². The van der Waals surface area contributed by atoms with Crippen molar-refractivity contribution in [3.8, 4) is 5.75 Å². The van der Waals surface area contributed by atoms with E-state index >= 15 is 0 Å². The van der Waals surface area contributed by atoms with Crippen molar-refractivity contribution >= 4 is 21.8 Å². The summed E-state index contributed by atoms with van der Waals surface area (Å²) in [4.78, 5) is 9.52. The Morgan fingerprint density at radius 1 is 0.810 bits per heavy atom. The largest absolute Gasteiger partial charge is 0.497 e. The summed E-state index contributed by atoms with van der Waals surface area (Å²) >= 11 is 0. The van der Waals surface area contributed by atoms with E-state index in [1.54, 1.807) is 7.11 Å². The Morgan fingerprint density at radius 2 is 1.48 bits per heavy atom. The van der Waals surface area contributed by atoms with Gasteiger partial charge in [0.05, 0.1) is 19.7 Å². The lowest BCUT2D eigenvalue weighted by Crippen LogP contribution is -2.46. The highest BCUT2D eigenvalue weighted by Gasteiger charge is 2.31. The summed E-state index contributed by atoms with van der Waals surface area (Å²) in [6.07, 6.45) is 5.15. The highest BCUT2D eigenvalue weighted by Crippen LogP contribution is 2.34. The van der Waals surface area contributed by atoms with Crippen LogP contribution in [0.2, 0.25) is 0 Å². The van der Waals surface area contributed by atoms with Gasteiger partial charge in [-0.3, -0.25) is 4.90 Å². The van der Waals surface area contributed by atoms with Crippen molar-refractivity contribution in [2.45, 2.75) is 31.8 Å². The number of fused-ring (bicyclic) bond motifs is 2. The number of para-hydroxylation sites is 2. The Bertz CT molecular complexity index is 1790. The van der Waals surface area contributed by atoms with Gasteiger partial charge in [-0.1, -0.05) is 55.5 Å². The van der Waals surface area contributed by atoms with Crippen molar-refractivity contribution in [3.05, 3.63) is 114 Å². The number of aromatic amines is 2. The second-order valence-electron chi connectivity index (χ2n) is 11.2. The van der Waals surface area contributed by atoms with E-state index in [1.165, 1.54) is 33.0 Å². The second kappa shape index (κ2) is 11.5. The maximum atomic E-state index is 5.44. The fraction of sp³-hybridized carbons (Fsp3) is 0.294. The van der Waals surface area contributed by atoms with Crippen LogP contribution in [-0.2, 0) is 13.0 Å². The maximum Gasteiger partial charge on any atom is 0.151 e. The summed E-state index contributed by atoms with van der Waals surface area (Å²) in [5.74, 6) is 2.90. The first kappa shape index (κ1) is 26.5. The molecule has 8 nitrogen and oxygen atoms in total. The van der Waals surface area contributed by atoms with E-state index in [4.69, 9.17) is 14.9 Å². The van der Waals surface area contributed by atoms with Crippen LogP contribution in [0.15, 0.2) is 85.2 Å². The molecule has 0 amide bonds. The molecule has 42 heavy (non-hydrogen) atoms. The van der Waals surface area contributed by atoms with Crippen molar-refractivity contribution in [2.24, 2.45) is 0 Å². The molecule has 0 radical (unpaired) electrons. The van der Waals surface area contributed by atoms with Gasteiger partial charge in [-0.05, 0) is 47.4 Å². The van der Waals surface area contributed by atoms with E-state index in [0.717, 1.165) is 55.5 Å². The lowest BCUT2D eigenvalue weighted by Gasteiger charge is -2.34. The van der Waals surface area contributed by atoms with Crippen molar-refractivity contribution < 1.29 is 4.74 Å². The summed E-state index contributed by atoms with van der Waals surface area (Å²) < 4.78 is 7.81. The third kappa shape index (κ3) is 4.97. The third-order valence-corrected chi connectivity index (χ3v) is 8.76. The molecule has 7 rings (SSSR count). The summed E-state index contributed by atoms with van der Waals surface area (Å²) in [6.45, 7) is 6.80. The Morgan fingerprint density at radius 3 is 2.24 bits per heavy atom. The lowest BCUT2D eigenvalue weighted by atomic mass is 9.98. The number of nitrogens with one attached hydrogen (secondary N) is 3. The van der Waals surface area contributed by atoms with Gasteiger partial charge in [-0.2, -0.15) is 0 Å². The summed E-state index contributed by atoms with van der Waals surface area (Å²) in [6, 6.07) is 25.5. The van der Waals surface area contributed by atoms with Gasteiger partial charge in [0.1, 0.15) is 11.6 Å². The van der Waals surface area contributed by atoms with Crippen molar-refractivity contribution in [2.75, 3.05) is 33.3 Å². The number of hydrogen-bond acceptors (Lipinski definition) is 5. The first-order valence-electron chi connectivity index (χ1n) is 14.8. The fourth-order valence-electron chi connectivity index (χ4n) is 6.45. The quantitative estimate of drug-likeness (QED) is 0.214. The van der Waals surface area contributed by atoms with Crippen LogP contribution in [0.5, 0.6) is 5.75 Å². The minimum absolute atomic E-state index is 0.0532. The van der Waals surface area contributed by atoms with Crippen LogP contribution in [0.25, 0.3) is 21.8 Å². The SMILES string of the molecule is COc1ccc(Cn2c(C(C)c3c[nH]c4ccccc34)nnc2C(Cc2c[nH]c3ccccc23)N2CCNCC2)cc1. The Hall–Kier alpha value is -4.40. The van der Waals surface area contributed by atoms with Crippen LogP contribution in [0.1, 0.15) is 47.2 Å². The van der Waals surface area contributed by atoms with Gasteiger partial charge >= 0.3 is 0 Å². The van der Waals surface area contributed by atoms with Gasteiger partial charge in [-0.25, -0.2) is 0 Å². The van der Waals surface area contributed by atoms with Gasteiger partial charge in [0.15, 0.2) is 5.82 Å². The number of ether oxygens (including phenoxy) is 1. The molecule has 2 unspecified atom stereocenters. The zero-order valence-electron chi connectivity index (χ0n) is 24.2. The minimum atomic E-state index is 0.0532. The van der Waals surface area contributed by atoms with Gasteiger partial charge in [0.25, 0.3) is 0 Å². The number of benzene rings is 3. The standard InChI is InChI=1S/C34H37N7O/c1-23(29-21-37-31-10-6-4-8-28(29)31)33-38-39-34(41(33)22-24-11-13-26(42-2)14-12-24)32(40-17-15-35-16-18-40)19-25-20-36-30-9-5-3-7-27(25)30/h3-14,20-21,23,32,35-37H,15-19,22H2,1-2H3. The molecule has 214 valence electrons. The molecule has 3 N–H and O–H groups in total. The third-order valence-electron chi connectivity index (χ3n) is 8.76. The van der Waals surface area contributed by atoms with Gasteiger partial charge in [0, 0.05) is 66.3 Å². The number of nitrogens with zero attached hydrogens (tertiary/aromatic N) is 4. The van der Waals surface area contributed by atoms with Gasteiger partial charge in [0.2, 0.25) is 0 Å². The molecular weight excluding hydrogens is 522 g/mol. The number of methoxy groups -OCH3 is 1. The molecule has 2 atom stereocenters. The molecule has 1 saturated heterocycles. The van der Waals surface area contributed by atoms with Crippen LogP contribution in [-0.4, -0.2) is 62.9 Å². The molecule has 0 saturated carbocycles. The first-order chi connectivity index (χ1) is 20.7. The number of piperazine rings is 1. The van der Waals surface area contributed by atoms with Crippen LogP contribution < -0.4 is 10.1 Å². The van der Waals surface area contributed by atoms with Gasteiger partial charge in [-0.15, -0.1) is 10.2 Å². The van der Waals surface area contributed by atoms with Gasteiger partial charge < -0.3 is 24.6 Å². The summed E-state index contributed by atoms with van der Waals surface area (Å²) in [5.41, 5.74) is 6.03. The van der Waals surface area contributed by atoms with E-state index in [-0.39, 0.29) is 12.0 Å². The van der Waals surface area contributed by atoms with Crippen molar-refractivity contribution in [1.29, 1.82) is 0 Å². The summed E-state index contributed by atoms with van der Waals surface area (Å²) in [5, 5.41) is 16.0. The van der Waals surface area contributed by atoms with E-state index in [2.05, 4.69) is 105 Å². The lowest BCUT2D eigenvalue weighted by molar-refractivity contribution is 0.163. The molecule has 0 bridgehead atoms. The maximum absolute atomic E-state index is 5.44. The van der Waals surface area contributed by atoms with Crippen LogP contribution in [0.3, 0.4) is 0 Å². The summed E-state index contributed by atoms with van der Waals surface area (Å²) in [7, 11) is 1.71. The van der Waals surface area contributed by atoms with E-state index in [0.29, 0.717) is 6.54 Å². The Balaban J connectivity index is 1.34. The number of hydrogen-bond donors (Lipinski definition) is 3. The predicted molar refractivity (Wildman–Crippen MR) is 167 cm³/mol. The highest BCUT2D eigenvalue weighted by atomic mass is 16.5. The smallest absolute Gasteiger partial charge is 0.151 e. The molecule has 1 aliphatic heterocycles. The van der Waals surface area contributed by atoms with Crippen molar-refractivity contribution in [3.63, 3.8) is 0 Å². The number of aromatic nitrogens is 5. The second-order valence-corrected chi connectivity index (χ2v) is 11.2. The number of rotatable bonds is 9. The van der Waals surface area contributed by atoms with E-state index in [9.17, 15) is 0 Å². The van der Waals surface area contributed by atoms with E-state index in [1.807, 2.05) is 12.1 Å². The van der Waals surface area contributed by atoms with Crippen LogP contribution >= 0.6 is 0 Å². The zero-order valence-corrected chi connectivity index (χ0v) is 24.2. The highest BCUT2D eigenvalue weighted by molar-refractivity contribution is 5.84. The molecular formula is C34H37N7O. The molecule has 6 aromatic rings. The molecule has 4 heterocycles. The van der Waals surface area contributed by atoms with Crippen LogP contribution in [0, 0.1) is 0 Å². The molecule has 8 heteroatoms. The minimum Gasteiger partial charge on any atom is -0.497 e. The predicted octanol–water partition coefficient (Wildman–Crippen LogP) is 5.64. The fourth-order valence-corrected chi connectivity index (χ4v) is 6.45. The van der Waals surface area contributed by atoms with Crippen molar-refractivity contribution in [1.82, 2.24) is 34.9 Å². The first-order valence-corrected chi connectivity index (χ1v) is 14.8. The Kier molecular flexibility index (Phi) is 7.23. The molecule has 3 aromatic heterocycles. The average Bonchev–Trinajstić information content (AvgIpc) is 3.78. The molecule has 1 aliphatic rings. The van der Waals surface area contributed by atoms with Crippen LogP contribution in [0.4, 0.5) is 0 Å². The zero-order chi connectivity index (χ0) is 28.5. The molecule has 1 fully saturated rings. The number of H-pyrrole nitrogens is 2. The van der Waals surface area contributed by atoms with E-state index < -0.39 is 0 Å². The monoisotopic (exact) mass is 559 g/mol. The Labute approximate surface area is 245 Å². The molecule has 0 aliphatic carbocycles. The normalized spacial score (nSPS) is 15.8.